The van der Waals surface area contributed by atoms with Crippen molar-refractivity contribution < 1.29 is 33.4 Å². The Morgan fingerprint density at radius 2 is 1.76 bits per heavy atom. The summed E-state index contributed by atoms with van der Waals surface area (Å²) in [6, 6.07) is 0. The van der Waals surface area contributed by atoms with Crippen LogP contribution < -0.4 is 9.79 Å². The molecule has 1 unspecified atom stereocenters. The largest absolute Gasteiger partial charge is 0.803 e. The van der Waals surface area contributed by atoms with Gasteiger partial charge in [-0.3, -0.25) is 9.59 Å². The molecule has 100 valence electrons. The van der Waals surface area contributed by atoms with Gasteiger partial charge >= 0.3 is 11.9 Å². The zero-order valence-electron chi connectivity index (χ0n) is 9.41. The number of carbonyl (C=O) groups is 2. The van der Waals surface area contributed by atoms with E-state index < -0.39 is 30.4 Å². The maximum Gasteiger partial charge on any atom is 0.320 e. The minimum Gasteiger partial charge on any atom is -0.803 e. The minimum atomic E-state index is -4.97. The molecular weight excluding hydrogens is 271 g/mol. The molecule has 0 N–H and O–H groups in total. The lowest BCUT2D eigenvalue weighted by molar-refractivity contribution is -0.302. The number of rotatable bonds is 7. The van der Waals surface area contributed by atoms with E-state index >= 15 is 0 Å². The first-order valence-electron chi connectivity index (χ1n) is 4.82. The number of hydrogen-bond donors (Lipinski definition) is 0. The van der Waals surface area contributed by atoms with Gasteiger partial charge in [-0.25, -0.2) is 0 Å². The molecule has 0 bridgehead atoms. The molecule has 0 aliphatic carbocycles. The Labute approximate surface area is 103 Å². The van der Waals surface area contributed by atoms with Gasteiger partial charge in [-0.05, 0) is 20.6 Å². The topological polar surface area (TPSA) is 116 Å². The summed E-state index contributed by atoms with van der Waals surface area (Å²) >= 11 is -0.127. The Kier molecular flexibility index (Phi) is 7.45. The van der Waals surface area contributed by atoms with Gasteiger partial charge in [-0.15, -0.1) is 11.4 Å². The van der Waals surface area contributed by atoms with Crippen molar-refractivity contribution in [1.82, 2.24) is 0 Å². The summed E-state index contributed by atoms with van der Waals surface area (Å²) < 4.78 is 19.7. The fraction of sp³-hybridized carbons (Fsp3) is 0.750. The van der Waals surface area contributed by atoms with Crippen molar-refractivity contribution in [3.63, 3.8) is 0 Å². The fourth-order valence-electron chi connectivity index (χ4n) is 0.926. The van der Waals surface area contributed by atoms with Crippen LogP contribution in [0.25, 0.3) is 0 Å². The third kappa shape index (κ3) is 8.20. The second-order valence-electron chi connectivity index (χ2n) is 2.80. The van der Waals surface area contributed by atoms with Gasteiger partial charge in [0.2, 0.25) is 0 Å². The van der Waals surface area contributed by atoms with E-state index in [1.54, 1.807) is 6.92 Å². The molecule has 0 aromatic rings. The molecule has 9 heteroatoms. The van der Waals surface area contributed by atoms with Crippen molar-refractivity contribution in [1.29, 1.82) is 0 Å². The summed E-state index contributed by atoms with van der Waals surface area (Å²) in [5.74, 6) is -1.68. The SMILES string of the molecule is CCOC(=O)CC(SP(=O)([O-])[O-])C(=O)OCC. The normalized spacial score (nSPS) is 12.9. The van der Waals surface area contributed by atoms with Gasteiger partial charge in [0.25, 0.3) is 0 Å². The maximum absolute atomic E-state index is 11.3. The molecule has 0 aromatic carbocycles. The van der Waals surface area contributed by atoms with E-state index in [1.165, 1.54) is 6.92 Å². The molecule has 0 heterocycles. The van der Waals surface area contributed by atoms with Crippen LogP contribution in [0.15, 0.2) is 0 Å². The monoisotopic (exact) mass is 284 g/mol. The van der Waals surface area contributed by atoms with Gasteiger partial charge in [0.15, 0.2) is 0 Å². The molecule has 7 nitrogen and oxygen atoms in total. The van der Waals surface area contributed by atoms with Crippen molar-refractivity contribution in [2.45, 2.75) is 25.5 Å². The molecule has 0 radical (unpaired) electrons. The predicted octanol–water partition coefficient (Wildman–Crippen LogP) is -0.567. The van der Waals surface area contributed by atoms with Gasteiger partial charge in [0.1, 0.15) is 5.25 Å². The summed E-state index contributed by atoms with van der Waals surface area (Å²) in [5, 5.41) is -1.38. The molecule has 0 rings (SSSR count). The Balaban J connectivity index is 4.56. The highest BCUT2D eigenvalue weighted by Crippen LogP contribution is 2.45. The van der Waals surface area contributed by atoms with Gasteiger partial charge in [-0.2, -0.15) is 0 Å². The molecule has 1 atom stereocenters. The number of ether oxygens (including phenoxy) is 2. The molecule has 0 saturated heterocycles. The van der Waals surface area contributed by atoms with Crippen LogP contribution in [0.2, 0.25) is 0 Å². The molecule has 0 spiro atoms. The Hall–Kier alpha value is -0.560. The highest BCUT2D eigenvalue weighted by atomic mass is 32.7. The zero-order valence-corrected chi connectivity index (χ0v) is 11.1. The van der Waals surface area contributed by atoms with Crippen molar-refractivity contribution in [2.75, 3.05) is 13.2 Å². The van der Waals surface area contributed by atoms with Crippen LogP contribution in [-0.2, 0) is 23.6 Å². The van der Waals surface area contributed by atoms with E-state index in [1.807, 2.05) is 0 Å². The number of carbonyl (C=O) groups excluding carboxylic acids is 2. The van der Waals surface area contributed by atoms with Gasteiger partial charge in [-0.1, -0.05) is 0 Å². The highest BCUT2D eigenvalue weighted by molar-refractivity contribution is 8.54. The first-order chi connectivity index (χ1) is 7.80. The average Bonchev–Trinajstić information content (AvgIpc) is 2.15. The molecule has 0 saturated carbocycles. The summed E-state index contributed by atoms with van der Waals surface area (Å²) in [6.07, 6.45) is -0.508. The number of esters is 2. The molecule has 0 aliphatic rings. The van der Waals surface area contributed by atoms with Crippen LogP contribution in [0.4, 0.5) is 0 Å². The fourth-order valence-corrected chi connectivity index (χ4v) is 3.02. The van der Waals surface area contributed by atoms with Gasteiger partial charge in [0.05, 0.1) is 19.6 Å². The lowest BCUT2D eigenvalue weighted by Gasteiger charge is -2.31. The molecule has 0 amide bonds. The molecule has 17 heavy (non-hydrogen) atoms. The van der Waals surface area contributed by atoms with Crippen molar-refractivity contribution >= 4 is 30.1 Å². The zero-order chi connectivity index (χ0) is 13.5. The molecule has 0 fully saturated rings. The van der Waals surface area contributed by atoms with Crippen LogP contribution in [0.5, 0.6) is 0 Å². The third-order valence-corrected chi connectivity index (χ3v) is 3.87. The first kappa shape index (κ1) is 16.4. The highest BCUT2D eigenvalue weighted by Gasteiger charge is 2.25. The van der Waals surface area contributed by atoms with Gasteiger partial charge in [0, 0.05) is 0 Å². The Morgan fingerprint density at radius 3 is 2.18 bits per heavy atom. The van der Waals surface area contributed by atoms with E-state index in [0.717, 1.165) is 0 Å². The second-order valence-corrected chi connectivity index (χ2v) is 6.45. The lowest BCUT2D eigenvalue weighted by atomic mass is 10.3. The van der Waals surface area contributed by atoms with Crippen LogP contribution >= 0.6 is 18.2 Å². The smallest absolute Gasteiger partial charge is 0.320 e. The van der Waals surface area contributed by atoms with E-state index in [-0.39, 0.29) is 24.6 Å². The summed E-state index contributed by atoms with van der Waals surface area (Å²) in [7, 11) is 0. The van der Waals surface area contributed by atoms with Crippen molar-refractivity contribution in [3.05, 3.63) is 0 Å². The van der Waals surface area contributed by atoms with E-state index in [0.29, 0.717) is 0 Å². The van der Waals surface area contributed by atoms with E-state index in [9.17, 15) is 23.9 Å². The predicted molar refractivity (Wildman–Crippen MR) is 56.9 cm³/mol. The summed E-state index contributed by atoms with van der Waals surface area (Å²) in [5.41, 5.74) is 0. The second kappa shape index (κ2) is 7.71. The quantitative estimate of drug-likeness (QED) is 0.451. The first-order valence-corrected chi connectivity index (χ1v) is 7.85. The van der Waals surface area contributed by atoms with Crippen molar-refractivity contribution in [3.8, 4) is 0 Å². The third-order valence-electron chi connectivity index (χ3n) is 1.46. The van der Waals surface area contributed by atoms with E-state index in [2.05, 4.69) is 9.47 Å². The molecule has 0 aliphatic heterocycles. The molecule has 0 aromatic heterocycles. The lowest BCUT2D eigenvalue weighted by Crippen LogP contribution is -2.26. The standard InChI is InChI=1S/C8H15O7PS/c1-3-14-7(9)5-6(8(10)15-4-2)17-16(11,12)13/h6H,3-5H2,1-2H3,(H2,11,12,13)/p-2. The summed E-state index contributed by atoms with van der Waals surface area (Å²) in [4.78, 5) is 43.6. The van der Waals surface area contributed by atoms with Crippen LogP contribution in [-0.4, -0.2) is 30.4 Å². The Bertz CT molecular complexity index is 313. The van der Waals surface area contributed by atoms with Crippen molar-refractivity contribution in [2.24, 2.45) is 0 Å². The Morgan fingerprint density at radius 1 is 1.24 bits per heavy atom. The summed E-state index contributed by atoms with van der Waals surface area (Å²) in [6.45, 7) is -1.74. The van der Waals surface area contributed by atoms with Crippen LogP contribution in [0, 0.1) is 0 Å². The number of hydrogen-bond acceptors (Lipinski definition) is 8. The maximum atomic E-state index is 11.3. The molecular formula is C8H13O7PS-2. The van der Waals surface area contributed by atoms with E-state index in [4.69, 9.17) is 0 Å². The van der Waals surface area contributed by atoms with Gasteiger partial charge < -0.3 is 23.8 Å². The van der Waals surface area contributed by atoms with Crippen LogP contribution in [0.1, 0.15) is 20.3 Å². The van der Waals surface area contributed by atoms with Crippen LogP contribution in [0.3, 0.4) is 0 Å². The minimum absolute atomic E-state index is 0.0285. The average molecular weight is 284 g/mol.